The standard InChI is InChI=1S/C19H13NO4/c21-16-9-6-13(7-10-16)15-8-11-18(20(23)24)17(12-15)19(22)14-4-2-1-3-5-14/h1-12,21H. The normalized spacial score (nSPS) is 10.3. The van der Waals surface area contributed by atoms with E-state index in [1.54, 1.807) is 48.5 Å². The first-order chi connectivity index (χ1) is 11.6. The van der Waals surface area contributed by atoms with Crippen molar-refractivity contribution in [3.05, 3.63) is 94.0 Å². The number of aromatic hydroxyl groups is 1. The van der Waals surface area contributed by atoms with Crippen LogP contribution in [0.2, 0.25) is 0 Å². The molecule has 0 saturated carbocycles. The molecule has 0 aromatic heterocycles. The predicted molar refractivity (Wildman–Crippen MR) is 90.1 cm³/mol. The summed E-state index contributed by atoms with van der Waals surface area (Å²) in [6.07, 6.45) is 0. The molecule has 1 N–H and O–H groups in total. The summed E-state index contributed by atoms with van der Waals surface area (Å²) in [5.74, 6) is -0.274. The number of ketones is 1. The molecule has 0 amide bonds. The first-order valence-corrected chi connectivity index (χ1v) is 7.24. The monoisotopic (exact) mass is 319 g/mol. The lowest BCUT2D eigenvalue weighted by molar-refractivity contribution is -0.385. The van der Waals surface area contributed by atoms with Gasteiger partial charge in [-0.1, -0.05) is 42.5 Å². The molecule has 118 valence electrons. The van der Waals surface area contributed by atoms with Crippen molar-refractivity contribution in [2.24, 2.45) is 0 Å². The van der Waals surface area contributed by atoms with Crippen molar-refractivity contribution in [1.82, 2.24) is 0 Å². The van der Waals surface area contributed by atoms with Gasteiger partial charge in [-0.15, -0.1) is 0 Å². The minimum Gasteiger partial charge on any atom is -0.508 e. The second-order valence-corrected chi connectivity index (χ2v) is 5.23. The van der Waals surface area contributed by atoms with Crippen LogP contribution in [0, 0.1) is 10.1 Å². The number of benzene rings is 3. The van der Waals surface area contributed by atoms with Gasteiger partial charge in [-0.25, -0.2) is 0 Å². The van der Waals surface area contributed by atoms with Crippen LogP contribution in [0.3, 0.4) is 0 Å². The number of phenols is 1. The Bertz CT molecular complexity index is 902. The van der Waals surface area contributed by atoms with E-state index in [1.165, 1.54) is 24.3 Å². The fourth-order valence-electron chi connectivity index (χ4n) is 2.46. The second kappa shape index (κ2) is 6.34. The summed E-state index contributed by atoms with van der Waals surface area (Å²) in [6, 6.07) is 19.3. The van der Waals surface area contributed by atoms with Gasteiger partial charge in [0.2, 0.25) is 0 Å². The largest absolute Gasteiger partial charge is 0.508 e. The van der Waals surface area contributed by atoms with Crippen LogP contribution in [0.15, 0.2) is 72.8 Å². The number of rotatable bonds is 4. The quantitative estimate of drug-likeness (QED) is 0.444. The van der Waals surface area contributed by atoms with Gasteiger partial charge in [0.1, 0.15) is 11.3 Å². The summed E-state index contributed by atoms with van der Waals surface area (Å²) >= 11 is 0. The van der Waals surface area contributed by atoms with E-state index < -0.39 is 10.7 Å². The number of phenolic OH excluding ortho intramolecular Hbond substituents is 1. The van der Waals surface area contributed by atoms with Crippen molar-refractivity contribution in [2.75, 3.05) is 0 Å². The molecule has 0 aliphatic rings. The van der Waals surface area contributed by atoms with Gasteiger partial charge < -0.3 is 5.11 Å². The van der Waals surface area contributed by atoms with Gasteiger partial charge >= 0.3 is 0 Å². The Hall–Kier alpha value is -3.47. The summed E-state index contributed by atoms with van der Waals surface area (Å²) in [5, 5.41) is 20.6. The Morgan fingerprint density at radius 3 is 2.12 bits per heavy atom. The average molecular weight is 319 g/mol. The van der Waals surface area contributed by atoms with Crippen LogP contribution < -0.4 is 0 Å². The summed E-state index contributed by atoms with van der Waals surface area (Å²) in [6.45, 7) is 0. The summed E-state index contributed by atoms with van der Waals surface area (Å²) < 4.78 is 0. The number of carbonyl (C=O) groups excluding carboxylic acids is 1. The van der Waals surface area contributed by atoms with E-state index in [-0.39, 0.29) is 17.0 Å². The molecule has 3 aromatic carbocycles. The minimum absolute atomic E-state index is 0.0387. The number of nitrogens with zero attached hydrogens (tertiary/aromatic N) is 1. The first kappa shape index (κ1) is 15.4. The van der Waals surface area contributed by atoms with E-state index in [9.17, 15) is 20.0 Å². The number of nitro benzene ring substituents is 1. The Balaban J connectivity index is 2.12. The zero-order valence-corrected chi connectivity index (χ0v) is 12.5. The molecule has 5 heteroatoms. The molecule has 0 fully saturated rings. The third-order valence-electron chi connectivity index (χ3n) is 3.67. The maximum Gasteiger partial charge on any atom is 0.280 e. The van der Waals surface area contributed by atoms with Crippen LogP contribution in [0.25, 0.3) is 11.1 Å². The topological polar surface area (TPSA) is 80.4 Å². The van der Waals surface area contributed by atoms with Gasteiger partial charge in [0.25, 0.3) is 5.69 Å². The molecule has 0 aliphatic carbocycles. The zero-order chi connectivity index (χ0) is 17.1. The van der Waals surface area contributed by atoms with Gasteiger partial charge in [0, 0.05) is 11.6 Å². The molecule has 0 bridgehead atoms. The van der Waals surface area contributed by atoms with Crippen LogP contribution in [0.4, 0.5) is 5.69 Å². The Morgan fingerprint density at radius 2 is 1.50 bits per heavy atom. The number of hydrogen-bond donors (Lipinski definition) is 1. The average Bonchev–Trinajstić information content (AvgIpc) is 2.62. The minimum atomic E-state index is -0.559. The maximum absolute atomic E-state index is 12.7. The molecule has 0 heterocycles. The summed E-state index contributed by atoms with van der Waals surface area (Å²) in [5.41, 5.74) is 1.62. The molecule has 0 radical (unpaired) electrons. The molecular weight excluding hydrogens is 306 g/mol. The van der Waals surface area contributed by atoms with Crippen molar-refractivity contribution in [3.63, 3.8) is 0 Å². The number of carbonyl (C=O) groups is 1. The third-order valence-corrected chi connectivity index (χ3v) is 3.67. The Kier molecular flexibility index (Phi) is 4.07. The van der Waals surface area contributed by atoms with Crippen LogP contribution in [-0.2, 0) is 0 Å². The lowest BCUT2D eigenvalue weighted by Crippen LogP contribution is -2.05. The SMILES string of the molecule is O=C(c1ccccc1)c1cc(-c2ccc(O)cc2)ccc1[N+](=O)[O-]. The van der Waals surface area contributed by atoms with Crippen molar-refractivity contribution in [3.8, 4) is 16.9 Å². The smallest absolute Gasteiger partial charge is 0.280 e. The van der Waals surface area contributed by atoms with Crippen LogP contribution >= 0.6 is 0 Å². The molecule has 0 atom stereocenters. The summed E-state index contributed by atoms with van der Waals surface area (Å²) in [7, 11) is 0. The highest BCUT2D eigenvalue weighted by molar-refractivity contribution is 6.12. The van der Waals surface area contributed by atoms with Crippen molar-refractivity contribution in [2.45, 2.75) is 0 Å². The second-order valence-electron chi connectivity index (χ2n) is 5.23. The zero-order valence-electron chi connectivity index (χ0n) is 12.5. The molecule has 3 rings (SSSR count). The fourth-order valence-corrected chi connectivity index (χ4v) is 2.46. The number of hydrogen-bond acceptors (Lipinski definition) is 4. The van der Waals surface area contributed by atoms with E-state index in [1.807, 2.05) is 0 Å². The van der Waals surface area contributed by atoms with E-state index in [0.717, 1.165) is 5.56 Å². The molecule has 0 aliphatic heterocycles. The van der Waals surface area contributed by atoms with Gasteiger partial charge in [-0.3, -0.25) is 14.9 Å². The molecule has 24 heavy (non-hydrogen) atoms. The highest BCUT2D eigenvalue weighted by atomic mass is 16.6. The van der Waals surface area contributed by atoms with E-state index in [0.29, 0.717) is 11.1 Å². The molecule has 5 nitrogen and oxygen atoms in total. The third kappa shape index (κ3) is 3.01. The van der Waals surface area contributed by atoms with Gasteiger partial charge in [-0.2, -0.15) is 0 Å². The highest BCUT2D eigenvalue weighted by Crippen LogP contribution is 2.29. The van der Waals surface area contributed by atoms with Crippen LogP contribution in [0.1, 0.15) is 15.9 Å². The van der Waals surface area contributed by atoms with E-state index in [4.69, 9.17) is 0 Å². The van der Waals surface area contributed by atoms with Gasteiger partial charge in [0.15, 0.2) is 5.78 Å². The van der Waals surface area contributed by atoms with Gasteiger partial charge in [-0.05, 0) is 35.4 Å². The first-order valence-electron chi connectivity index (χ1n) is 7.24. The van der Waals surface area contributed by atoms with Crippen LogP contribution in [0.5, 0.6) is 5.75 Å². The van der Waals surface area contributed by atoms with Crippen molar-refractivity contribution in [1.29, 1.82) is 0 Å². The fraction of sp³-hybridized carbons (Fsp3) is 0. The summed E-state index contributed by atoms with van der Waals surface area (Å²) in [4.78, 5) is 23.4. The van der Waals surface area contributed by atoms with Gasteiger partial charge in [0.05, 0.1) is 4.92 Å². The number of nitro groups is 1. The lowest BCUT2D eigenvalue weighted by atomic mass is 9.96. The molecule has 0 spiro atoms. The Morgan fingerprint density at radius 1 is 0.875 bits per heavy atom. The molecular formula is C19H13NO4. The Labute approximate surface area is 138 Å². The highest BCUT2D eigenvalue weighted by Gasteiger charge is 2.22. The van der Waals surface area contributed by atoms with Crippen molar-refractivity contribution < 1.29 is 14.8 Å². The van der Waals surface area contributed by atoms with E-state index >= 15 is 0 Å². The molecule has 0 unspecified atom stereocenters. The maximum atomic E-state index is 12.7. The van der Waals surface area contributed by atoms with Crippen LogP contribution in [-0.4, -0.2) is 15.8 Å². The lowest BCUT2D eigenvalue weighted by Gasteiger charge is -2.07. The van der Waals surface area contributed by atoms with Crippen molar-refractivity contribution >= 4 is 11.5 Å². The molecule has 0 saturated heterocycles. The predicted octanol–water partition coefficient (Wildman–Crippen LogP) is 4.20. The molecule has 3 aromatic rings. The van der Waals surface area contributed by atoms with E-state index in [2.05, 4.69) is 0 Å².